The van der Waals surface area contributed by atoms with Crippen molar-refractivity contribution < 1.29 is 36.3 Å². The van der Waals surface area contributed by atoms with Crippen LogP contribution >= 0.6 is 0 Å². The minimum absolute atomic E-state index is 0.00426. The largest absolute Gasteiger partial charge is 0.457 e. The Bertz CT molecular complexity index is 1370. The molecule has 3 heterocycles. The molecule has 1 aromatic carbocycles. The van der Waals surface area contributed by atoms with Gasteiger partial charge in [0.05, 0.1) is 22.2 Å². The average molecular weight is 498 g/mol. The zero-order chi connectivity index (χ0) is 24.3. The van der Waals surface area contributed by atoms with Crippen molar-refractivity contribution in [2.75, 3.05) is 22.7 Å². The first kappa shape index (κ1) is 22.9. The molecule has 5 rings (SSSR count). The Morgan fingerprint density at radius 3 is 2.71 bits per heavy atom. The molecule has 2 aromatic heterocycles. The molecule has 1 saturated carbocycles. The van der Waals surface area contributed by atoms with E-state index in [9.17, 15) is 26.7 Å². The van der Waals surface area contributed by atoms with Crippen LogP contribution in [0.1, 0.15) is 31.3 Å². The molecule has 0 radical (unpaired) electrons. The van der Waals surface area contributed by atoms with Gasteiger partial charge in [-0.25, -0.2) is 26.6 Å². The summed E-state index contributed by atoms with van der Waals surface area (Å²) in [6, 6.07) is 6.31. The maximum atomic E-state index is 14.0. The Balaban J connectivity index is 1.45. The Kier molecular flexibility index (Phi) is 5.28. The number of aliphatic hydroxyl groups excluding tert-OH is 1. The van der Waals surface area contributed by atoms with Crippen LogP contribution in [0.25, 0.3) is 11.0 Å². The number of nitrogens with one attached hydrogen (secondary N) is 2. The summed E-state index contributed by atoms with van der Waals surface area (Å²) in [7, 11) is -4.25. The lowest BCUT2D eigenvalue weighted by Crippen LogP contribution is -2.40. The van der Waals surface area contributed by atoms with Gasteiger partial charge >= 0.3 is 0 Å². The lowest BCUT2D eigenvalue weighted by atomic mass is 9.94. The van der Waals surface area contributed by atoms with Crippen molar-refractivity contribution >= 4 is 32.5 Å². The van der Waals surface area contributed by atoms with Crippen LogP contribution in [0.15, 0.2) is 45.8 Å². The van der Waals surface area contributed by atoms with E-state index in [1.807, 2.05) is 0 Å². The summed E-state index contributed by atoms with van der Waals surface area (Å²) in [4.78, 5) is 5.35. The van der Waals surface area contributed by atoms with Crippen LogP contribution in [-0.4, -0.2) is 42.7 Å². The molecule has 4 N–H and O–H groups in total. The van der Waals surface area contributed by atoms with Crippen molar-refractivity contribution in [1.82, 2.24) is 10.5 Å². The molecule has 9 nitrogen and oxygen atoms in total. The predicted octanol–water partition coefficient (Wildman–Crippen LogP) is 3.36. The molecule has 1 saturated heterocycles. The summed E-state index contributed by atoms with van der Waals surface area (Å²) >= 11 is 0. The monoisotopic (exact) mass is 498 g/mol. The number of aliphatic hydroxyl groups is 1. The fraction of sp³-hybridized carbons (Fsp3) is 0.381. The van der Waals surface area contributed by atoms with Gasteiger partial charge in [0.15, 0.2) is 17.8 Å². The minimum atomic E-state index is -4.25. The predicted molar refractivity (Wildman–Crippen MR) is 115 cm³/mol. The number of hydroxylamine groups is 1. The van der Waals surface area contributed by atoms with Gasteiger partial charge in [-0.3, -0.25) is 4.72 Å². The maximum absolute atomic E-state index is 14.0. The number of piperidine rings is 1. The van der Waals surface area contributed by atoms with E-state index >= 15 is 0 Å². The van der Waals surface area contributed by atoms with E-state index in [-0.39, 0.29) is 40.7 Å². The summed E-state index contributed by atoms with van der Waals surface area (Å²) in [6.45, 7) is 0.378. The van der Waals surface area contributed by atoms with Crippen molar-refractivity contribution in [2.45, 2.75) is 36.3 Å². The van der Waals surface area contributed by atoms with E-state index in [0.717, 1.165) is 12.3 Å². The number of pyridine rings is 1. The number of nitrogens with zero attached hydrogens (tertiary/aromatic N) is 2. The smallest absolute Gasteiger partial charge is 0.262 e. The zero-order valence-corrected chi connectivity index (χ0v) is 18.4. The number of benzene rings is 1. The van der Waals surface area contributed by atoms with Gasteiger partial charge in [0.1, 0.15) is 11.4 Å². The van der Waals surface area contributed by atoms with Gasteiger partial charge in [0, 0.05) is 37.0 Å². The van der Waals surface area contributed by atoms with E-state index in [0.29, 0.717) is 24.8 Å². The lowest BCUT2D eigenvalue weighted by Gasteiger charge is -2.34. The molecule has 2 unspecified atom stereocenters. The fourth-order valence-electron chi connectivity index (χ4n) is 4.50. The summed E-state index contributed by atoms with van der Waals surface area (Å²) in [5.74, 6) is -3.53. The van der Waals surface area contributed by atoms with Crippen molar-refractivity contribution in [3.05, 3.63) is 48.1 Å². The normalized spacial score (nSPS) is 22.8. The number of rotatable bonds is 6. The van der Waals surface area contributed by atoms with Crippen LogP contribution < -0.4 is 15.1 Å². The molecule has 2 aliphatic rings. The number of hydrogen-bond donors (Lipinski definition) is 4. The van der Waals surface area contributed by atoms with Crippen LogP contribution in [0, 0.1) is 11.2 Å². The summed E-state index contributed by atoms with van der Waals surface area (Å²) in [5, 5.41) is 18.9. The molecule has 2 fully saturated rings. The number of hydrogen-bond acceptors (Lipinski definition) is 8. The van der Waals surface area contributed by atoms with Gasteiger partial charge in [-0.1, -0.05) is 0 Å². The average Bonchev–Trinajstić information content (AvgIpc) is 3.10. The van der Waals surface area contributed by atoms with Crippen LogP contribution in [0.5, 0.6) is 0 Å². The van der Waals surface area contributed by atoms with Gasteiger partial charge in [-0.05, 0) is 31.0 Å². The molecule has 1 aliphatic heterocycles. The fourth-order valence-corrected chi connectivity index (χ4v) is 5.56. The highest BCUT2D eigenvalue weighted by atomic mass is 32.2. The van der Waals surface area contributed by atoms with Gasteiger partial charge in [0.25, 0.3) is 15.9 Å². The van der Waals surface area contributed by atoms with Crippen LogP contribution in [0.2, 0.25) is 0 Å². The van der Waals surface area contributed by atoms with Gasteiger partial charge in [0.2, 0.25) is 0 Å². The Morgan fingerprint density at radius 1 is 1.24 bits per heavy atom. The third-order valence-electron chi connectivity index (χ3n) is 6.38. The van der Waals surface area contributed by atoms with Crippen LogP contribution in [0.4, 0.5) is 24.7 Å². The molecule has 3 aromatic rings. The topological polar surface area (TPSA) is 128 Å². The highest BCUT2D eigenvalue weighted by Gasteiger charge is 2.71. The maximum Gasteiger partial charge on any atom is 0.262 e. The molecule has 0 amide bonds. The third-order valence-corrected chi connectivity index (χ3v) is 7.74. The van der Waals surface area contributed by atoms with Crippen molar-refractivity contribution in [3.63, 3.8) is 0 Å². The number of aromatic nitrogens is 1. The van der Waals surface area contributed by atoms with Crippen molar-refractivity contribution in [2.24, 2.45) is 5.41 Å². The second-order valence-electron chi connectivity index (χ2n) is 8.70. The SMILES string of the molecule is O=S(=O)(Nc1cc(F)cnc1N1CCCC2(C1)CC2(F)F)c1ccc2cc(C(O)NO)oc2c1. The van der Waals surface area contributed by atoms with E-state index in [4.69, 9.17) is 9.62 Å². The molecule has 0 bridgehead atoms. The molecule has 2 atom stereocenters. The number of anilines is 2. The lowest BCUT2D eigenvalue weighted by molar-refractivity contribution is -0.0110. The van der Waals surface area contributed by atoms with E-state index < -0.39 is 33.4 Å². The zero-order valence-electron chi connectivity index (χ0n) is 17.6. The van der Waals surface area contributed by atoms with E-state index in [1.54, 1.807) is 10.4 Å². The number of sulfonamides is 1. The Labute approximate surface area is 192 Å². The van der Waals surface area contributed by atoms with Crippen molar-refractivity contribution in [1.29, 1.82) is 0 Å². The third kappa shape index (κ3) is 3.87. The van der Waals surface area contributed by atoms with Crippen LogP contribution in [0.3, 0.4) is 0 Å². The molecule has 182 valence electrons. The second kappa shape index (κ2) is 7.83. The van der Waals surface area contributed by atoms with E-state index in [1.165, 1.54) is 24.3 Å². The van der Waals surface area contributed by atoms with Crippen LogP contribution in [-0.2, 0) is 10.0 Å². The first-order valence-corrected chi connectivity index (χ1v) is 11.9. The van der Waals surface area contributed by atoms with Crippen molar-refractivity contribution in [3.8, 4) is 0 Å². The van der Waals surface area contributed by atoms with Gasteiger partial charge < -0.3 is 19.6 Å². The molecule has 1 spiro atoms. The molecule has 13 heteroatoms. The van der Waals surface area contributed by atoms with Gasteiger partial charge in [-0.2, -0.15) is 5.48 Å². The Morgan fingerprint density at radius 2 is 2.00 bits per heavy atom. The second-order valence-corrected chi connectivity index (χ2v) is 10.4. The first-order chi connectivity index (χ1) is 16.0. The highest BCUT2D eigenvalue weighted by Crippen LogP contribution is 2.64. The summed E-state index contributed by atoms with van der Waals surface area (Å²) in [6.07, 6.45) is 0.0242. The van der Waals surface area contributed by atoms with E-state index in [2.05, 4.69) is 9.71 Å². The standard InChI is InChI=1S/C21H21F3N4O5S/c22-13-7-15(18(25-9-13)28-5-1-4-20(11-28)10-21(20,23)24)27-34(31,32)14-3-2-12-6-17(19(29)26-30)33-16(12)8-14/h2-3,6-9,19,26-27,29-30H,1,4-5,10-11H2. The number of alkyl halides is 2. The minimum Gasteiger partial charge on any atom is -0.457 e. The quantitative estimate of drug-likeness (QED) is 0.301. The molecule has 1 aliphatic carbocycles. The highest BCUT2D eigenvalue weighted by molar-refractivity contribution is 7.92. The number of furan rings is 1. The molecule has 34 heavy (non-hydrogen) atoms. The number of fused-ring (bicyclic) bond motifs is 1. The first-order valence-electron chi connectivity index (χ1n) is 10.5. The van der Waals surface area contributed by atoms with Gasteiger partial charge in [-0.15, -0.1) is 0 Å². The summed E-state index contributed by atoms with van der Waals surface area (Å²) < 4.78 is 75.8. The summed E-state index contributed by atoms with van der Waals surface area (Å²) in [5.41, 5.74) is 0.414. The molecular weight excluding hydrogens is 477 g/mol. The Hall–Kier alpha value is -2.87. The molecular formula is C21H21F3N4O5S. The number of halogens is 3.